The molecule has 1 saturated heterocycles. The first-order valence-corrected chi connectivity index (χ1v) is 13.3. The van der Waals surface area contributed by atoms with E-state index < -0.39 is 8.32 Å². The molecule has 0 saturated carbocycles. The van der Waals surface area contributed by atoms with Crippen molar-refractivity contribution >= 4 is 37.2 Å². The van der Waals surface area contributed by atoms with E-state index in [1.807, 2.05) is 0 Å². The maximum atomic E-state index is 12.4. The number of benzene rings is 1. The lowest BCUT2D eigenvalue weighted by molar-refractivity contribution is -0.140. The van der Waals surface area contributed by atoms with Crippen LogP contribution in [0.1, 0.15) is 47.9 Å². The first kappa shape index (κ1) is 23.6. The van der Waals surface area contributed by atoms with Gasteiger partial charge in [0.2, 0.25) is 11.0 Å². The van der Waals surface area contributed by atoms with Crippen LogP contribution in [-0.4, -0.2) is 49.8 Å². The van der Waals surface area contributed by atoms with Crippen molar-refractivity contribution in [3.05, 3.63) is 35.4 Å². The van der Waals surface area contributed by atoms with Crippen LogP contribution in [0, 0.1) is 5.92 Å². The van der Waals surface area contributed by atoms with Gasteiger partial charge in [-0.1, -0.05) is 20.8 Å². The summed E-state index contributed by atoms with van der Waals surface area (Å²) in [4.78, 5) is 41.0. The van der Waals surface area contributed by atoms with Crippen molar-refractivity contribution in [1.29, 1.82) is 0 Å². The van der Waals surface area contributed by atoms with E-state index in [4.69, 9.17) is 4.43 Å². The number of β-lactam (4-membered cyclic amide) rings is 1. The summed E-state index contributed by atoms with van der Waals surface area (Å²) in [6.07, 6.45) is 0.680. The third-order valence-electron chi connectivity index (χ3n) is 5.49. The van der Waals surface area contributed by atoms with E-state index in [-0.39, 0.29) is 27.9 Å². The Hall–Kier alpha value is -1.68. The highest BCUT2D eigenvalue weighted by Crippen LogP contribution is 2.37. The van der Waals surface area contributed by atoms with E-state index in [2.05, 4.69) is 44.2 Å². The molecule has 1 aliphatic heterocycles. The Labute approximate surface area is 177 Å². The van der Waals surface area contributed by atoms with E-state index in [1.54, 1.807) is 24.3 Å². The molecule has 0 aliphatic carbocycles. The average Bonchev–Trinajstić information content (AvgIpc) is 2.65. The Morgan fingerprint density at radius 3 is 2.31 bits per heavy atom. The third kappa shape index (κ3) is 5.91. The summed E-state index contributed by atoms with van der Waals surface area (Å²) in [6.45, 7) is 12.1. The van der Waals surface area contributed by atoms with Gasteiger partial charge in [-0.3, -0.25) is 23.5 Å². The Balaban J connectivity index is 1.79. The summed E-state index contributed by atoms with van der Waals surface area (Å²) < 4.78 is 7.63. The molecule has 9 heteroatoms. The van der Waals surface area contributed by atoms with E-state index in [0.29, 0.717) is 30.7 Å². The van der Waals surface area contributed by atoms with Crippen molar-refractivity contribution in [2.45, 2.75) is 45.3 Å². The van der Waals surface area contributed by atoms with Crippen molar-refractivity contribution in [2.24, 2.45) is 5.92 Å². The zero-order valence-electron chi connectivity index (χ0n) is 17.9. The lowest BCUT2D eigenvalue weighted by Crippen LogP contribution is -2.50. The van der Waals surface area contributed by atoms with Gasteiger partial charge in [0.1, 0.15) is 0 Å². The molecule has 0 radical (unpaired) electrons. The monoisotopic (exact) mass is 438 g/mol. The van der Waals surface area contributed by atoms with Gasteiger partial charge in [0.15, 0.2) is 8.32 Å². The van der Waals surface area contributed by atoms with Crippen LogP contribution >= 0.6 is 11.9 Å². The van der Waals surface area contributed by atoms with Gasteiger partial charge in [0, 0.05) is 36.2 Å². The molecule has 1 aromatic carbocycles. The molecule has 1 atom stereocenters. The smallest absolute Gasteiger partial charge is 0.274 e. The second kappa shape index (κ2) is 9.42. The second-order valence-corrected chi connectivity index (χ2v) is 14.4. The number of amides is 2. The predicted octanol–water partition coefficient (Wildman–Crippen LogP) is 3.64. The lowest BCUT2D eigenvalue weighted by atomic mass is 9.99. The van der Waals surface area contributed by atoms with Crippen LogP contribution in [0.15, 0.2) is 24.3 Å². The molecular weight excluding hydrogens is 408 g/mol. The van der Waals surface area contributed by atoms with Crippen LogP contribution in [0.2, 0.25) is 18.1 Å². The Kier molecular flexibility index (Phi) is 7.66. The lowest BCUT2D eigenvalue weighted by Gasteiger charge is -2.39. The Morgan fingerprint density at radius 2 is 1.79 bits per heavy atom. The quantitative estimate of drug-likeness (QED) is 0.289. The molecule has 1 N–H and O–H groups in total. The van der Waals surface area contributed by atoms with E-state index in [0.717, 1.165) is 11.9 Å². The van der Waals surface area contributed by atoms with Crippen LogP contribution in [-0.2, 0) is 14.1 Å². The van der Waals surface area contributed by atoms with Crippen LogP contribution in [0.3, 0.4) is 0 Å². The van der Waals surface area contributed by atoms with E-state index in [9.17, 15) is 14.4 Å². The number of nitrogens with one attached hydrogen (secondary N) is 1. The van der Waals surface area contributed by atoms with Crippen LogP contribution in [0.5, 0.6) is 0 Å². The first-order chi connectivity index (χ1) is 13.5. The summed E-state index contributed by atoms with van der Waals surface area (Å²) >= 11 is 0.907. The number of hydroxylamine groups is 1. The van der Waals surface area contributed by atoms with Gasteiger partial charge >= 0.3 is 0 Å². The molecule has 2 rings (SSSR count). The minimum Gasteiger partial charge on any atom is -0.417 e. The minimum atomic E-state index is -1.81. The van der Waals surface area contributed by atoms with Gasteiger partial charge in [-0.25, -0.2) is 5.48 Å². The predicted molar refractivity (Wildman–Crippen MR) is 116 cm³/mol. The van der Waals surface area contributed by atoms with Crippen molar-refractivity contribution in [2.75, 3.05) is 20.3 Å². The number of carbonyl (C=O) groups is 3. The fourth-order valence-electron chi connectivity index (χ4n) is 2.49. The molecule has 0 bridgehead atoms. The highest BCUT2D eigenvalue weighted by atomic mass is 32.2. The highest BCUT2D eigenvalue weighted by Gasteiger charge is 2.40. The van der Waals surface area contributed by atoms with Crippen LogP contribution in [0.4, 0.5) is 0 Å². The summed E-state index contributed by atoms with van der Waals surface area (Å²) in [6, 6.07) is 6.21. The normalized spacial score (nSPS) is 17.1. The standard InChI is InChI=1S/C20H30N2O5SSi/c1-20(2,3)29(5,6)27-12-11-16-13-22(18(16)24)28-19(25)15-9-7-14(8-10-15)17(23)21-26-4/h7-10,16H,11-13H2,1-6H3,(H,21,23)/t16-/m0/s1. The van der Waals surface area contributed by atoms with Gasteiger partial charge in [-0.05, 0) is 48.8 Å². The third-order valence-corrected chi connectivity index (χ3v) is 11.0. The van der Waals surface area contributed by atoms with Gasteiger partial charge in [-0.15, -0.1) is 0 Å². The van der Waals surface area contributed by atoms with Gasteiger partial charge in [0.25, 0.3) is 5.91 Å². The molecule has 1 aromatic rings. The van der Waals surface area contributed by atoms with Crippen molar-refractivity contribution in [1.82, 2.24) is 9.79 Å². The fourth-order valence-corrected chi connectivity index (χ4v) is 4.49. The number of carbonyl (C=O) groups excluding carboxylic acids is 3. The molecule has 1 heterocycles. The number of rotatable bonds is 8. The molecule has 0 unspecified atom stereocenters. The molecule has 29 heavy (non-hydrogen) atoms. The SMILES string of the molecule is CONC(=O)c1ccc(C(=O)SN2C[C@H](CCO[Si](C)(C)C(C)(C)C)C2=O)cc1. The highest BCUT2D eigenvalue weighted by molar-refractivity contribution is 8.12. The molecule has 7 nitrogen and oxygen atoms in total. The van der Waals surface area contributed by atoms with Gasteiger partial charge in [-0.2, -0.15) is 0 Å². The largest absolute Gasteiger partial charge is 0.417 e. The maximum absolute atomic E-state index is 12.4. The summed E-state index contributed by atoms with van der Waals surface area (Å²) in [5.41, 5.74) is 3.03. The van der Waals surface area contributed by atoms with Crippen LogP contribution < -0.4 is 5.48 Å². The maximum Gasteiger partial charge on any atom is 0.274 e. The molecule has 160 valence electrons. The van der Waals surface area contributed by atoms with E-state index >= 15 is 0 Å². The van der Waals surface area contributed by atoms with E-state index in [1.165, 1.54) is 11.4 Å². The number of hydrogen-bond acceptors (Lipinski definition) is 6. The summed E-state index contributed by atoms with van der Waals surface area (Å²) in [7, 11) is -0.458. The first-order valence-electron chi connectivity index (χ1n) is 9.57. The van der Waals surface area contributed by atoms with Gasteiger partial charge in [0.05, 0.1) is 13.0 Å². The fraction of sp³-hybridized carbons (Fsp3) is 0.550. The molecule has 1 fully saturated rings. The molecule has 0 spiro atoms. The minimum absolute atomic E-state index is 0.0294. The van der Waals surface area contributed by atoms with Crippen molar-refractivity contribution in [3.63, 3.8) is 0 Å². The molecule has 1 aliphatic rings. The number of nitrogens with zero attached hydrogens (tertiary/aromatic N) is 1. The molecule has 0 aromatic heterocycles. The zero-order chi connectivity index (χ0) is 21.8. The topological polar surface area (TPSA) is 84.9 Å². The number of hydrogen-bond donors (Lipinski definition) is 1. The average molecular weight is 439 g/mol. The second-order valence-electron chi connectivity index (χ2n) is 8.59. The zero-order valence-corrected chi connectivity index (χ0v) is 19.7. The summed E-state index contributed by atoms with van der Waals surface area (Å²) in [5, 5.41) is -0.0851. The Morgan fingerprint density at radius 1 is 1.21 bits per heavy atom. The van der Waals surface area contributed by atoms with Gasteiger partial charge < -0.3 is 4.43 Å². The van der Waals surface area contributed by atoms with Crippen molar-refractivity contribution < 1.29 is 23.6 Å². The Bertz CT molecular complexity index is 761. The molecular formula is C20H30N2O5SSi. The molecule has 2 amide bonds. The van der Waals surface area contributed by atoms with Crippen molar-refractivity contribution in [3.8, 4) is 0 Å². The summed E-state index contributed by atoms with van der Waals surface area (Å²) in [5.74, 6) is -0.502. The van der Waals surface area contributed by atoms with Crippen LogP contribution in [0.25, 0.3) is 0 Å².